The van der Waals surface area contributed by atoms with Crippen LogP contribution in [-0.4, -0.2) is 19.0 Å². The molecule has 0 spiro atoms. The number of hydrogen-bond donors (Lipinski definition) is 2. The smallest absolute Gasteiger partial charge is 0.171 e. The lowest BCUT2D eigenvalue weighted by Crippen LogP contribution is -2.15. The van der Waals surface area contributed by atoms with Crippen molar-refractivity contribution in [2.24, 2.45) is 5.14 Å². The second kappa shape index (κ2) is 3.44. The second-order valence-electron chi connectivity index (χ2n) is 2.88. The Bertz CT molecular complexity index is 560. The SMILES string of the molecule is N=S(N)(=O)c1cccnc1-n1cccn1. The number of hydrogen-bond acceptors (Lipinski definition) is 4. The molecule has 0 fully saturated rings. The zero-order chi connectivity index (χ0) is 10.9. The first kappa shape index (κ1) is 9.81. The zero-order valence-electron chi connectivity index (χ0n) is 7.70. The Hall–Kier alpha value is -1.73. The maximum absolute atomic E-state index is 11.5. The average molecular weight is 223 g/mol. The molecule has 7 heteroatoms. The van der Waals surface area contributed by atoms with Crippen LogP contribution >= 0.6 is 0 Å². The fourth-order valence-electron chi connectivity index (χ4n) is 1.19. The molecule has 0 aliphatic heterocycles. The van der Waals surface area contributed by atoms with Gasteiger partial charge >= 0.3 is 0 Å². The van der Waals surface area contributed by atoms with Crippen molar-refractivity contribution in [2.75, 3.05) is 0 Å². The molecule has 78 valence electrons. The van der Waals surface area contributed by atoms with Gasteiger partial charge in [0.15, 0.2) is 5.82 Å². The molecule has 1 unspecified atom stereocenters. The van der Waals surface area contributed by atoms with Crippen molar-refractivity contribution in [3.8, 4) is 5.82 Å². The summed E-state index contributed by atoms with van der Waals surface area (Å²) in [6.45, 7) is 0. The molecule has 2 heterocycles. The van der Waals surface area contributed by atoms with E-state index in [1.54, 1.807) is 24.5 Å². The summed E-state index contributed by atoms with van der Waals surface area (Å²) in [5.74, 6) is 0.324. The summed E-state index contributed by atoms with van der Waals surface area (Å²) in [6.07, 6.45) is 4.75. The van der Waals surface area contributed by atoms with Gasteiger partial charge < -0.3 is 0 Å². The van der Waals surface area contributed by atoms with Crippen LogP contribution in [0.15, 0.2) is 41.7 Å². The van der Waals surface area contributed by atoms with Gasteiger partial charge in [0.2, 0.25) is 0 Å². The third-order valence-electron chi connectivity index (χ3n) is 1.80. The third kappa shape index (κ3) is 1.88. The number of nitrogens with two attached hydrogens (primary N) is 1. The van der Waals surface area contributed by atoms with Gasteiger partial charge in [-0.3, -0.25) is 0 Å². The standard InChI is InChI=1S/C8H9N5OS/c9-15(10,14)7-3-1-4-11-8(7)13-6-2-5-12-13/h1-6H,(H3,9,10,14). The lowest BCUT2D eigenvalue weighted by atomic mass is 10.4. The van der Waals surface area contributed by atoms with Gasteiger partial charge in [0.05, 0.1) is 0 Å². The first-order valence-electron chi connectivity index (χ1n) is 4.10. The summed E-state index contributed by atoms with van der Waals surface area (Å²) in [5, 5.41) is 9.23. The van der Waals surface area contributed by atoms with Gasteiger partial charge in [-0.2, -0.15) is 5.10 Å². The van der Waals surface area contributed by atoms with E-state index in [4.69, 9.17) is 9.92 Å². The van der Waals surface area contributed by atoms with E-state index in [1.807, 2.05) is 0 Å². The van der Waals surface area contributed by atoms with Crippen molar-refractivity contribution >= 4 is 9.92 Å². The summed E-state index contributed by atoms with van der Waals surface area (Å²) >= 11 is 0. The van der Waals surface area contributed by atoms with Crippen molar-refractivity contribution in [3.63, 3.8) is 0 Å². The predicted molar refractivity (Wildman–Crippen MR) is 54.7 cm³/mol. The minimum Gasteiger partial charge on any atom is -0.241 e. The van der Waals surface area contributed by atoms with E-state index in [1.165, 1.54) is 16.9 Å². The molecule has 0 amide bonds. The Morgan fingerprint density at radius 1 is 1.40 bits per heavy atom. The molecule has 0 aliphatic rings. The highest BCUT2D eigenvalue weighted by Crippen LogP contribution is 2.14. The van der Waals surface area contributed by atoms with Crippen molar-refractivity contribution < 1.29 is 4.21 Å². The molecule has 0 aliphatic carbocycles. The van der Waals surface area contributed by atoms with E-state index in [0.29, 0.717) is 5.82 Å². The molecular formula is C8H9N5OS. The number of nitrogens with zero attached hydrogens (tertiary/aromatic N) is 3. The Labute approximate surface area is 86.9 Å². The van der Waals surface area contributed by atoms with Crippen LogP contribution in [0.25, 0.3) is 5.82 Å². The lowest BCUT2D eigenvalue weighted by molar-refractivity contribution is 0.673. The molecule has 0 saturated carbocycles. The average Bonchev–Trinajstić information content (AvgIpc) is 2.69. The Balaban J connectivity index is 2.68. The van der Waals surface area contributed by atoms with E-state index < -0.39 is 9.92 Å². The normalized spacial score (nSPS) is 14.7. The molecule has 0 aromatic carbocycles. The Morgan fingerprint density at radius 2 is 2.20 bits per heavy atom. The summed E-state index contributed by atoms with van der Waals surface area (Å²) in [5.41, 5.74) is 0. The molecule has 0 radical (unpaired) electrons. The molecule has 6 nitrogen and oxygen atoms in total. The molecule has 2 aromatic heterocycles. The van der Waals surface area contributed by atoms with Gasteiger partial charge in [0.25, 0.3) is 0 Å². The monoisotopic (exact) mass is 223 g/mol. The van der Waals surface area contributed by atoms with Gasteiger partial charge in [-0.15, -0.1) is 0 Å². The minimum atomic E-state index is -3.28. The van der Waals surface area contributed by atoms with Crippen LogP contribution in [-0.2, 0) is 9.92 Å². The fourth-order valence-corrected chi connectivity index (χ4v) is 1.88. The molecule has 2 rings (SSSR count). The van der Waals surface area contributed by atoms with E-state index in [2.05, 4.69) is 10.1 Å². The van der Waals surface area contributed by atoms with Crippen LogP contribution in [0.2, 0.25) is 0 Å². The predicted octanol–water partition coefficient (Wildman–Crippen LogP) is 0.547. The van der Waals surface area contributed by atoms with Crippen molar-refractivity contribution in [3.05, 3.63) is 36.8 Å². The van der Waals surface area contributed by atoms with Gasteiger partial charge in [0.1, 0.15) is 14.8 Å². The topological polar surface area (TPSA) is 97.6 Å². The van der Waals surface area contributed by atoms with Gasteiger partial charge in [-0.1, -0.05) is 0 Å². The van der Waals surface area contributed by atoms with Crippen molar-refractivity contribution in [2.45, 2.75) is 4.90 Å². The fraction of sp³-hybridized carbons (Fsp3) is 0. The third-order valence-corrected chi connectivity index (χ3v) is 2.77. The summed E-state index contributed by atoms with van der Waals surface area (Å²) in [6, 6.07) is 4.81. The molecule has 3 N–H and O–H groups in total. The number of aromatic nitrogens is 3. The highest BCUT2D eigenvalue weighted by Gasteiger charge is 2.12. The number of pyridine rings is 1. The van der Waals surface area contributed by atoms with E-state index in [9.17, 15) is 4.21 Å². The quantitative estimate of drug-likeness (QED) is 0.777. The molecular weight excluding hydrogens is 214 g/mol. The van der Waals surface area contributed by atoms with Crippen LogP contribution in [0.1, 0.15) is 0 Å². The largest absolute Gasteiger partial charge is 0.241 e. The Morgan fingerprint density at radius 3 is 2.80 bits per heavy atom. The van der Waals surface area contributed by atoms with Crippen LogP contribution in [0, 0.1) is 4.78 Å². The highest BCUT2D eigenvalue weighted by molar-refractivity contribution is 7.90. The molecule has 0 bridgehead atoms. The summed E-state index contributed by atoms with van der Waals surface area (Å²) < 4.78 is 20.2. The summed E-state index contributed by atoms with van der Waals surface area (Å²) in [4.78, 5) is 4.18. The van der Waals surface area contributed by atoms with Gasteiger partial charge in [-0.05, 0) is 18.2 Å². The van der Waals surface area contributed by atoms with E-state index >= 15 is 0 Å². The zero-order valence-corrected chi connectivity index (χ0v) is 8.52. The molecule has 0 saturated heterocycles. The molecule has 1 atom stereocenters. The second-order valence-corrected chi connectivity index (χ2v) is 4.52. The van der Waals surface area contributed by atoms with E-state index in [-0.39, 0.29) is 4.90 Å². The highest BCUT2D eigenvalue weighted by atomic mass is 32.2. The van der Waals surface area contributed by atoms with Crippen molar-refractivity contribution in [1.29, 1.82) is 4.78 Å². The Kier molecular flexibility index (Phi) is 2.25. The van der Waals surface area contributed by atoms with Crippen molar-refractivity contribution in [1.82, 2.24) is 14.8 Å². The minimum absolute atomic E-state index is 0.175. The van der Waals surface area contributed by atoms with Crippen LogP contribution in [0.4, 0.5) is 0 Å². The van der Waals surface area contributed by atoms with Crippen LogP contribution in [0.3, 0.4) is 0 Å². The van der Waals surface area contributed by atoms with Gasteiger partial charge in [0, 0.05) is 18.6 Å². The molecule has 15 heavy (non-hydrogen) atoms. The maximum atomic E-state index is 11.5. The molecule has 2 aromatic rings. The van der Waals surface area contributed by atoms with E-state index in [0.717, 1.165) is 0 Å². The lowest BCUT2D eigenvalue weighted by Gasteiger charge is -2.07. The maximum Gasteiger partial charge on any atom is 0.171 e. The number of rotatable bonds is 2. The first-order valence-corrected chi connectivity index (χ1v) is 5.73. The van der Waals surface area contributed by atoms with Crippen LogP contribution in [0.5, 0.6) is 0 Å². The van der Waals surface area contributed by atoms with Gasteiger partial charge in [-0.25, -0.2) is 23.8 Å². The van der Waals surface area contributed by atoms with Crippen LogP contribution < -0.4 is 5.14 Å². The summed E-state index contributed by atoms with van der Waals surface area (Å²) in [7, 11) is -3.28. The number of nitrogens with one attached hydrogen (secondary N) is 1. The first-order chi connectivity index (χ1) is 7.09.